The van der Waals surface area contributed by atoms with E-state index in [0.29, 0.717) is 23.6 Å². The first-order chi connectivity index (χ1) is 9.47. The quantitative estimate of drug-likeness (QED) is 0.772. The number of anilines is 1. The lowest BCUT2D eigenvalue weighted by atomic mass is 10.1. The third kappa shape index (κ3) is 3.52. The van der Waals surface area contributed by atoms with Crippen molar-refractivity contribution >= 4 is 43.5 Å². The van der Waals surface area contributed by atoms with Crippen LogP contribution in [0.4, 0.5) is 5.69 Å². The van der Waals surface area contributed by atoms with Gasteiger partial charge in [0.05, 0.1) is 8.95 Å². The molecule has 0 spiro atoms. The van der Waals surface area contributed by atoms with E-state index < -0.39 is 5.91 Å². The van der Waals surface area contributed by atoms with E-state index in [1.165, 1.54) is 0 Å². The number of nitrogens with two attached hydrogens (primary N) is 2. The minimum absolute atomic E-state index is 0.322. The SMILES string of the molecule is NC(=O)c1cccc(COc2c(Br)cc(N)cc2Br)c1. The Labute approximate surface area is 133 Å². The lowest BCUT2D eigenvalue weighted by Crippen LogP contribution is -2.11. The Balaban J connectivity index is 2.17. The van der Waals surface area contributed by atoms with Crippen molar-refractivity contribution in [3.05, 3.63) is 56.5 Å². The Morgan fingerprint density at radius 2 is 1.80 bits per heavy atom. The molecule has 0 unspecified atom stereocenters. The van der Waals surface area contributed by atoms with Crippen LogP contribution in [-0.4, -0.2) is 5.91 Å². The molecule has 0 radical (unpaired) electrons. The first kappa shape index (κ1) is 14.9. The summed E-state index contributed by atoms with van der Waals surface area (Å²) in [5.74, 6) is 0.199. The van der Waals surface area contributed by atoms with Gasteiger partial charge >= 0.3 is 0 Å². The van der Waals surface area contributed by atoms with Crippen LogP contribution in [0, 0.1) is 0 Å². The van der Waals surface area contributed by atoms with Gasteiger partial charge in [-0.1, -0.05) is 12.1 Å². The summed E-state index contributed by atoms with van der Waals surface area (Å²) in [6, 6.07) is 10.5. The average Bonchev–Trinajstić information content (AvgIpc) is 2.37. The lowest BCUT2D eigenvalue weighted by Gasteiger charge is -2.11. The summed E-state index contributed by atoms with van der Waals surface area (Å²) < 4.78 is 7.26. The van der Waals surface area contributed by atoms with Crippen molar-refractivity contribution in [3.63, 3.8) is 0 Å². The third-order valence-electron chi connectivity index (χ3n) is 2.62. The minimum atomic E-state index is -0.457. The van der Waals surface area contributed by atoms with Crippen molar-refractivity contribution in [2.75, 3.05) is 5.73 Å². The van der Waals surface area contributed by atoms with Gasteiger partial charge in [0, 0.05) is 11.3 Å². The maximum Gasteiger partial charge on any atom is 0.248 e. The van der Waals surface area contributed by atoms with E-state index in [1.807, 2.05) is 6.07 Å². The molecule has 6 heteroatoms. The van der Waals surface area contributed by atoms with Crippen LogP contribution >= 0.6 is 31.9 Å². The van der Waals surface area contributed by atoms with Crippen LogP contribution in [-0.2, 0) is 6.61 Å². The van der Waals surface area contributed by atoms with Gasteiger partial charge in [0.25, 0.3) is 0 Å². The molecule has 0 atom stereocenters. The van der Waals surface area contributed by atoms with Gasteiger partial charge in [-0.2, -0.15) is 0 Å². The van der Waals surface area contributed by atoms with Crippen LogP contribution < -0.4 is 16.2 Å². The number of amides is 1. The topological polar surface area (TPSA) is 78.3 Å². The highest BCUT2D eigenvalue weighted by molar-refractivity contribution is 9.11. The molecule has 104 valence electrons. The molecule has 1 amide bonds. The summed E-state index contributed by atoms with van der Waals surface area (Å²) in [4.78, 5) is 11.1. The number of rotatable bonds is 4. The van der Waals surface area contributed by atoms with Gasteiger partial charge in [-0.05, 0) is 61.7 Å². The van der Waals surface area contributed by atoms with E-state index in [1.54, 1.807) is 30.3 Å². The van der Waals surface area contributed by atoms with Gasteiger partial charge in [0.1, 0.15) is 12.4 Å². The van der Waals surface area contributed by atoms with E-state index in [4.69, 9.17) is 16.2 Å². The van der Waals surface area contributed by atoms with Crippen LogP contribution in [0.15, 0.2) is 45.3 Å². The number of carbonyl (C=O) groups excluding carboxylic acids is 1. The first-order valence-corrected chi connectivity index (χ1v) is 7.32. The summed E-state index contributed by atoms with van der Waals surface area (Å²) >= 11 is 6.80. The number of primary amides is 1. The molecule has 20 heavy (non-hydrogen) atoms. The highest BCUT2D eigenvalue weighted by Crippen LogP contribution is 2.36. The Bertz CT molecular complexity index is 636. The van der Waals surface area contributed by atoms with E-state index in [9.17, 15) is 4.79 Å². The number of ether oxygens (including phenoxy) is 1. The summed E-state index contributed by atoms with van der Waals surface area (Å²) in [7, 11) is 0. The van der Waals surface area contributed by atoms with Gasteiger partial charge < -0.3 is 16.2 Å². The fourth-order valence-electron chi connectivity index (χ4n) is 1.69. The fraction of sp³-hybridized carbons (Fsp3) is 0.0714. The Hall–Kier alpha value is -1.53. The van der Waals surface area contributed by atoms with Crippen molar-refractivity contribution < 1.29 is 9.53 Å². The molecule has 2 rings (SSSR count). The second kappa shape index (κ2) is 6.28. The molecular weight excluding hydrogens is 388 g/mol. The summed E-state index contributed by atoms with van der Waals surface area (Å²) in [6.45, 7) is 0.322. The molecule has 0 fully saturated rings. The fourth-order valence-corrected chi connectivity index (χ4v) is 3.14. The minimum Gasteiger partial charge on any atom is -0.487 e. The van der Waals surface area contributed by atoms with E-state index in [-0.39, 0.29) is 0 Å². The lowest BCUT2D eigenvalue weighted by molar-refractivity contribution is 0.1000. The molecule has 0 bridgehead atoms. The zero-order valence-corrected chi connectivity index (χ0v) is 13.6. The Morgan fingerprint density at radius 1 is 1.15 bits per heavy atom. The predicted octanol–water partition coefficient (Wildman–Crippen LogP) is 3.47. The number of halogens is 2. The Morgan fingerprint density at radius 3 is 2.40 bits per heavy atom. The molecule has 2 aromatic carbocycles. The van der Waals surface area contributed by atoms with Crippen molar-refractivity contribution in [1.82, 2.24) is 0 Å². The summed E-state index contributed by atoms with van der Waals surface area (Å²) in [5.41, 5.74) is 12.9. The molecule has 0 aliphatic carbocycles. The van der Waals surface area contributed by atoms with Crippen LogP contribution in [0.5, 0.6) is 5.75 Å². The molecule has 4 nitrogen and oxygen atoms in total. The maximum absolute atomic E-state index is 11.1. The molecule has 2 aromatic rings. The molecule has 0 saturated heterocycles. The molecule has 0 aromatic heterocycles. The van der Waals surface area contributed by atoms with E-state index in [0.717, 1.165) is 14.5 Å². The van der Waals surface area contributed by atoms with Crippen LogP contribution in [0.25, 0.3) is 0 Å². The highest BCUT2D eigenvalue weighted by atomic mass is 79.9. The Kier molecular flexibility index (Phi) is 4.67. The smallest absolute Gasteiger partial charge is 0.248 e. The zero-order valence-electron chi connectivity index (χ0n) is 10.4. The number of hydrogen-bond acceptors (Lipinski definition) is 3. The average molecular weight is 400 g/mol. The first-order valence-electron chi connectivity index (χ1n) is 5.73. The van der Waals surface area contributed by atoms with Crippen LogP contribution in [0.2, 0.25) is 0 Å². The maximum atomic E-state index is 11.1. The number of benzene rings is 2. The number of hydrogen-bond donors (Lipinski definition) is 2. The predicted molar refractivity (Wildman–Crippen MR) is 85.5 cm³/mol. The monoisotopic (exact) mass is 398 g/mol. The third-order valence-corrected chi connectivity index (χ3v) is 3.79. The normalized spacial score (nSPS) is 10.3. The standard InChI is InChI=1S/C14H12Br2N2O2/c15-11-5-10(17)6-12(16)13(11)20-7-8-2-1-3-9(4-8)14(18)19/h1-6H,7,17H2,(H2,18,19). The van der Waals surface area contributed by atoms with Gasteiger partial charge in [-0.15, -0.1) is 0 Å². The van der Waals surface area contributed by atoms with Crippen molar-refractivity contribution in [2.45, 2.75) is 6.61 Å². The molecule has 0 aliphatic heterocycles. The van der Waals surface area contributed by atoms with Crippen molar-refractivity contribution in [2.24, 2.45) is 5.73 Å². The molecule has 0 heterocycles. The number of nitrogen functional groups attached to an aromatic ring is 1. The van der Waals surface area contributed by atoms with E-state index in [2.05, 4.69) is 31.9 Å². The van der Waals surface area contributed by atoms with Crippen molar-refractivity contribution in [3.8, 4) is 5.75 Å². The molecular formula is C14H12Br2N2O2. The van der Waals surface area contributed by atoms with Gasteiger partial charge in [0.15, 0.2) is 0 Å². The van der Waals surface area contributed by atoms with Crippen LogP contribution in [0.3, 0.4) is 0 Å². The summed E-state index contributed by atoms with van der Waals surface area (Å²) in [5, 5.41) is 0. The zero-order chi connectivity index (χ0) is 14.7. The summed E-state index contributed by atoms with van der Waals surface area (Å²) in [6.07, 6.45) is 0. The molecule has 4 N–H and O–H groups in total. The molecule has 0 aliphatic rings. The second-order valence-electron chi connectivity index (χ2n) is 4.17. The van der Waals surface area contributed by atoms with Gasteiger partial charge in [0.2, 0.25) is 5.91 Å². The second-order valence-corrected chi connectivity index (χ2v) is 5.88. The molecule has 0 saturated carbocycles. The highest BCUT2D eigenvalue weighted by Gasteiger charge is 2.09. The largest absolute Gasteiger partial charge is 0.487 e. The van der Waals surface area contributed by atoms with Gasteiger partial charge in [-0.25, -0.2) is 0 Å². The van der Waals surface area contributed by atoms with Crippen molar-refractivity contribution in [1.29, 1.82) is 0 Å². The van der Waals surface area contributed by atoms with E-state index >= 15 is 0 Å². The van der Waals surface area contributed by atoms with Gasteiger partial charge in [-0.3, -0.25) is 4.79 Å². The number of carbonyl (C=O) groups is 1. The van der Waals surface area contributed by atoms with Crippen LogP contribution in [0.1, 0.15) is 15.9 Å².